The van der Waals surface area contributed by atoms with Gasteiger partial charge in [-0.2, -0.15) is 0 Å². The average Bonchev–Trinajstić information content (AvgIpc) is 2.59. The maximum atomic E-state index is 11.0. The number of benzene rings is 2. The Hall–Kier alpha value is -1.87. The van der Waals surface area contributed by atoms with Crippen molar-refractivity contribution in [2.45, 2.75) is 44.7 Å². The van der Waals surface area contributed by atoms with E-state index in [-0.39, 0.29) is 6.42 Å². The standard InChI is InChI=1S/C20H26O2Si/c1-2-3-16-23(17-10-15-20(21)22,18-11-6-4-7-12-18)19-13-8-5-9-14-19/h4-9,11-14H,2-3,10,15-17H2,1H3,(H,21,22). The molecule has 3 heteroatoms. The van der Waals surface area contributed by atoms with Gasteiger partial charge in [-0.1, -0.05) is 90.8 Å². The van der Waals surface area contributed by atoms with Gasteiger partial charge in [0, 0.05) is 6.42 Å². The molecule has 0 amide bonds. The molecule has 0 unspecified atom stereocenters. The van der Waals surface area contributed by atoms with E-state index in [9.17, 15) is 4.79 Å². The Balaban J connectivity index is 2.42. The summed E-state index contributed by atoms with van der Waals surface area (Å²) in [5, 5.41) is 11.9. The van der Waals surface area contributed by atoms with Crippen LogP contribution in [0.4, 0.5) is 0 Å². The van der Waals surface area contributed by atoms with E-state index in [1.165, 1.54) is 29.3 Å². The van der Waals surface area contributed by atoms with Crippen molar-refractivity contribution in [2.75, 3.05) is 0 Å². The molecule has 0 atom stereocenters. The van der Waals surface area contributed by atoms with Crippen LogP contribution in [0.1, 0.15) is 32.6 Å². The molecule has 2 rings (SSSR count). The van der Waals surface area contributed by atoms with Crippen LogP contribution in [0.15, 0.2) is 60.7 Å². The molecule has 0 radical (unpaired) electrons. The van der Waals surface area contributed by atoms with Crippen LogP contribution >= 0.6 is 0 Å². The first-order valence-corrected chi connectivity index (χ1v) is 10.9. The van der Waals surface area contributed by atoms with E-state index in [2.05, 4.69) is 67.6 Å². The number of hydrogen-bond acceptors (Lipinski definition) is 1. The van der Waals surface area contributed by atoms with Gasteiger partial charge in [0.15, 0.2) is 0 Å². The van der Waals surface area contributed by atoms with E-state index in [0.29, 0.717) is 0 Å². The van der Waals surface area contributed by atoms with Crippen LogP contribution in [0, 0.1) is 0 Å². The second-order valence-corrected chi connectivity index (χ2v) is 10.5. The summed E-state index contributed by atoms with van der Waals surface area (Å²) in [7, 11) is -1.90. The molecule has 122 valence electrons. The predicted octanol–water partition coefficient (Wildman–Crippen LogP) is 3.91. The van der Waals surface area contributed by atoms with Crippen molar-refractivity contribution < 1.29 is 9.90 Å². The Morgan fingerprint density at radius 1 is 0.870 bits per heavy atom. The fourth-order valence-electron chi connectivity index (χ4n) is 3.40. The second-order valence-electron chi connectivity index (χ2n) is 6.17. The highest BCUT2D eigenvalue weighted by molar-refractivity contribution is 7.02. The Bertz CT molecular complexity index is 556. The third-order valence-electron chi connectivity index (χ3n) is 4.60. The lowest BCUT2D eigenvalue weighted by atomic mass is 10.3. The molecule has 0 saturated carbocycles. The van der Waals surface area contributed by atoms with E-state index in [4.69, 9.17) is 5.11 Å². The molecule has 0 aliphatic carbocycles. The quantitative estimate of drug-likeness (QED) is 0.709. The molecule has 2 nitrogen and oxygen atoms in total. The van der Waals surface area contributed by atoms with Crippen molar-refractivity contribution in [1.29, 1.82) is 0 Å². The zero-order valence-corrected chi connectivity index (χ0v) is 14.9. The third-order valence-corrected chi connectivity index (χ3v) is 9.90. The van der Waals surface area contributed by atoms with Gasteiger partial charge in [0.1, 0.15) is 8.07 Å². The van der Waals surface area contributed by atoms with Gasteiger partial charge in [-0.15, -0.1) is 0 Å². The number of carboxylic acid groups (broad SMARTS) is 1. The molecule has 2 aromatic rings. The lowest BCUT2D eigenvalue weighted by Gasteiger charge is -2.33. The van der Waals surface area contributed by atoms with Gasteiger partial charge in [0.05, 0.1) is 0 Å². The molecular formula is C20H26O2Si. The van der Waals surface area contributed by atoms with E-state index in [1.54, 1.807) is 0 Å². The number of hydrogen-bond donors (Lipinski definition) is 1. The molecule has 2 aromatic carbocycles. The summed E-state index contributed by atoms with van der Waals surface area (Å²) in [4.78, 5) is 11.0. The number of aliphatic carboxylic acids is 1. The Morgan fingerprint density at radius 2 is 1.35 bits per heavy atom. The van der Waals surface area contributed by atoms with Gasteiger partial charge in [0.2, 0.25) is 0 Å². The van der Waals surface area contributed by atoms with Gasteiger partial charge in [0.25, 0.3) is 0 Å². The highest BCUT2D eigenvalue weighted by Crippen LogP contribution is 2.22. The summed E-state index contributed by atoms with van der Waals surface area (Å²) < 4.78 is 0. The zero-order valence-electron chi connectivity index (χ0n) is 13.9. The van der Waals surface area contributed by atoms with Crippen LogP contribution in [0.5, 0.6) is 0 Å². The monoisotopic (exact) mass is 326 g/mol. The number of unbranched alkanes of at least 4 members (excludes halogenated alkanes) is 1. The van der Waals surface area contributed by atoms with Crippen molar-refractivity contribution in [2.24, 2.45) is 0 Å². The highest BCUT2D eigenvalue weighted by atomic mass is 28.3. The average molecular weight is 327 g/mol. The Labute approximate surface area is 140 Å². The maximum absolute atomic E-state index is 11.0. The van der Waals surface area contributed by atoms with Crippen LogP contribution in [0.25, 0.3) is 0 Å². The van der Waals surface area contributed by atoms with Gasteiger partial charge in [-0.25, -0.2) is 0 Å². The molecule has 0 aliphatic rings. The molecule has 0 aliphatic heterocycles. The van der Waals surface area contributed by atoms with Crippen LogP contribution in [-0.2, 0) is 4.79 Å². The third kappa shape index (κ3) is 4.55. The minimum Gasteiger partial charge on any atom is -0.481 e. The van der Waals surface area contributed by atoms with Crippen LogP contribution in [0.2, 0.25) is 12.1 Å². The van der Waals surface area contributed by atoms with Crippen molar-refractivity contribution in [3.63, 3.8) is 0 Å². The zero-order chi connectivity index (χ0) is 16.5. The molecule has 0 heterocycles. The highest BCUT2D eigenvalue weighted by Gasteiger charge is 2.35. The van der Waals surface area contributed by atoms with Gasteiger partial charge in [-0.05, 0) is 18.5 Å². The summed E-state index contributed by atoms with van der Waals surface area (Å²) in [5.74, 6) is -0.690. The van der Waals surface area contributed by atoms with Gasteiger partial charge >= 0.3 is 5.97 Å². The fraction of sp³-hybridized carbons (Fsp3) is 0.350. The van der Waals surface area contributed by atoms with E-state index in [0.717, 1.165) is 12.5 Å². The number of rotatable bonds is 9. The first kappa shape index (κ1) is 17.5. The smallest absolute Gasteiger partial charge is 0.303 e. The van der Waals surface area contributed by atoms with E-state index >= 15 is 0 Å². The summed E-state index contributed by atoms with van der Waals surface area (Å²) >= 11 is 0. The molecule has 0 saturated heterocycles. The normalized spacial score (nSPS) is 11.3. The minimum atomic E-state index is -1.90. The fourth-order valence-corrected chi connectivity index (χ4v) is 8.54. The molecule has 0 spiro atoms. The molecule has 0 bridgehead atoms. The Morgan fingerprint density at radius 3 is 1.78 bits per heavy atom. The Kier molecular flexibility index (Phi) is 6.60. The van der Waals surface area contributed by atoms with E-state index < -0.39 is 14.0 Å². The molecule has 23 heavy (non-hydrogen) atoms. The lowest BCUT2D eigenvalue weighted by molar-refractivity contribution is -0.137. The minimum absolute atomic E-state index is 0.264. The first-order valence-electron chi connectivity index (χ1n) is 8.52. The predicted molar refractivity (Wildman–Crippen MR) is 99.3 cm³/mol. The maximum Gasteiger partial charge on any atom is 0.303 e. The number of carbonyl (C=O) groups is 1. The second kappa shape index (κ2) is 8.68. The van der Waals surface area contributed by atoms with Crippen LogP contribution in [-0.4, -0.2) is 19.1 Å². The first-order chi connectivity index (χ1) is 11.2. The largest absolute Gasteiger partial charge is 0.481 e. The van der Waals surface area contributed by atoms with Crippen molar-refractivity contribution in [1.82, 2.24) is 0 Å². The summed E-state index contributed by atoms with van der Waals surface area (Å²) in [6, 6.07) is 23.8. The molecule has 0 fully saturated rings. The topological polar surface area (TPSA) is 37.3 Å². The van der Waals surface area contributed by atoms with Gasteiger partial charge in [-0.3, -0.25) is 4.79 Å². The summed E-state index contributed by atoms with van der Waals surface area (Å²) in [6.45, 7) is 2.23. The molecular weight excluding hydrogens is 300 g/mol. The summed E-state index contributed by atoms with van der Waals surface area (Å²) in [5.41, 5.74) is 0. The lowest BCUT2D eigenvalue weighted by Crippen LogP contribution is -2.58. The van der Waals surface area contributed by atoms with Gasteiger partial charge < -0.3 is 5.11 Å². The summed E-state index contributed by atoms with van der Waals surface area (Å²) in [6.07, 6.45) is 3.39. The van der Waals surface area contributed by atoms with Crippen molar-refractivity contribution in [3.8, 4) is 0 Å². The SMILES string of the molecule is CCCC[Si](CCCC(=O)O)(c1ccccc1)c1ccccc1. The molecule has 1 N–H and O–H groups in total. The van der Waals surface area contributed by atoms with Crippen LogP contribution in [0.3, 0.4) is 0 Å². The van der Waals surface area contributed by atoms with E-state index in [1.807, 2.05) is 0 Å². The van der Waals surface area contributed by atoms with Crippen molar-refractivity contribution >= 4 is 24.4 Å². The van der Waals surface area contributed by atoms with Crippen molar-refractivity contribution in [3.05, 3.63) is 60.7 Å². The van der Waals surface area contributed by atoms with Crippen LogP contribution < -0.4 is 10.4 Å². The number of carboxylic acids is 1. The molecule has 0 aromatic heterocycles.